The van der Waals surface area contributed by atoms with Crippen LogP contribution in [0, 0.1) is 15.5 Å². The first-order chi connectivity index (χ1) is 12.1. The number of alkyl halides is 3. The minimum atomic E-state index is -4.67. The third kappa shape index (κ3) is 3.54. The summed E-state index contributed by atoms with van der Waals surface area (Å²) in [6.45, 7) is 0.814. The zero-order chi connectivity index (χ0) is 19.1. The van der Waals surface area contributed by atoms with Crippen molar-refractivity contribution in [3.05, 3.63) is 33.9 Å². The molecule has 7 nitrogen and oxygen atoms in total. The zero-order valence-corrected chi connectivity index (χ0v) is 13.8. The quantitative estimate of drug-likeness (QED) is 0.646. The van der Waals surface area contributed by atoms with Crippen LogP contribution in [0.2, 0.25) is 0 Å². The molecule has 2 N–H and O–H groups in total. The molecule has 0 radical (unpaired) electrons. The molecule has 2 aliphatic rings. The number of carbonyl (C=O) groups excluding carboxylic acids is 1. The van der Waals surface area contributed by atoms with Crippen molar-refractivity contribution in [3.8, 4) is 0 Å². The number of halogens is 3. The van der Waals surface area contributed by atoms with Crippen LogP contribution >= 0.6 is 0 Å². The summed E-state index contributed by atoms with van der Waals surface area (Å²) in [6.07, 6.45) is -3.05. The number of nitrogens with two attached hydrogens (primary N) is 1. The highest BCUT2D eigenvalue weighted by molar-refractivity contribution is 5.65. The molecule has 26 heavy (non-hydrogen) atoms. The Morgan fingerprint density at radius 2 is 1.92 bits per heavy atom. The number of nitrogens with zero attached hydrogens (tertiary/aromatic N) is 2. The van der Waals surface area contributed by atoms with Gasteiger partial charge < -0.3 is 15.4 Å². The lowest BCUT2D eigenvalue weighted by Gasteiger charge is -2.51. The van der Waals surface area contributed by atoms with Gasteiger partial charge >= 0.3 is 12.3 Å². The van der Waals surface area contributed by atoms with Gasteiger partial charge in [0.1, 0.15) is 6.10 Å². The van der Waals surface area contributed by atoms with Crippen LogP contribution in [0.4, 0.5) is 29.3 Å². The van der Waals surface area contributed by atoms with E-state index in [1.54, 1.807) is 4.90 Å². The third-order valence-electron chi connectivity index (χ3n) is 5.27. The fourth-order valence-corrected chi connectivity index (χ4v) is 3.92. The first kappa shape index (κ1) is 18.3. The first-order valence-electron chi connectivity index (χ1n) is 8.16. The van der Waals surface area contributed by atoms with E-state index in [4.69, 9.17) is 10.5 Å². The van der Waals surface area contributed by atoms with Crippen molar-refractivity contribution in [1.29, 1.82) is 0 Å². The Balaban J connectivity index is 1.72. The van der Waals surface area contributed by atoms with Crippen LogP contribution in [-0.4, -0.2) is 30.2 Å². The summed E-state index contributed by atoms with van der Waals surface area (Å²) in [5, 5.41) is 10.8. The number of rotatable bonds is 3. The maximum absolute atomic E-state index is 13.3. The number of ether oxygens (including phenoxy) is 1. The number of nitro groups is 1. The first-order valence-corrected chi connectivity index (χ1v) is 8.16. The molecular weight excluding hydrogens is 355 g/mol. The summed E-state index contributed by atoms with van der Waals surface area (Å²) in [5.41, 5.74) is 3.34. The largest absolute Gasteiger partial charge is 0.446 e. The summed E-state index contributed by atoms with van der Waals surface area (Å²) >= 11 is 0. The molecule has 1 spiro atoms. The monoisotopic (exact) mass is 373 g/mol. The molecule has 0 unspecified atom stereocenters. The van der Waals surface area contributed by atoms with E-state index in [0.717, 1.165) is 6.07 Å². The van der Waals surface area contributed by atoms with Crippen LogP contribution in [-0.2, 0) is 10.9 Å². The predicted octanol–water partition coefficient (Wildman–Crippen LogP) is 3.46. The zero-order valence-electron chi connectivity index (χ0n) is 13.8. The fraction of sp³-hybridized carbons (Fsp3) is 0.562. The van der Waals surface area contributed by atoms with Crippen LogP contribution < -0.4 is 10.6 Å². The number of non-ortho nitro benzene ring substituents is 1. The Kier molecular flexibility index (Phi) is 4.45. The van der Waals surface area contributed by atoms with Crippen LogP contribution in [0.5, 0.6) is 0 Å². The third-order valence-corrected chi connectivity index (χ3v) is 5.27. The van der Waals surface area contributed by atoms with Crippen molar-refractivity contribution >= 4 is 17.5 Å². The molecule has 10 heteroatoms. The fourth-order valence-electron chi connectivity index (χ4n) is 3.92. The van der Waals surface area contributed by atoms with Gasteiger partial charge in [0, 0.05) is 30.9 Å². The summed E-state index contributed by atoms with van der Waals surface area (Å²) in [7, 11) is 0. The lowest BCUT2D eigenvalue weighted by Crippen LogP contribution is -2.51. The average Bonchev–Trinajstić information content (AvgIpc) is 2.52. The lowest BCUT2D eigenvalue weighted by atomic mass is 9.61. The van der Waals surface area contributed by atoms with E-state index in [2.05, 4.69) is 0 Å². The van der Waals surface area contributed by atoms with Gasteiger partial charge in [0.15, 0.2) is 0 Å². The van der Waals surface area contributed by atoms with Crippen molar-refractivity contribution in [1.82, 2.24) is 0 Å². The SMILES string of the molecule is NC(=O)OC1CC2(CCN(c3ccc([N+](=O)[O-])cc3C(F)(F)F)CC2)C1. The number of benzene rings is 1. The molecule has 1 aromatic carbocycles. The maximum Gasteiger partial charge on any atom is 0.418 e. The van der Waals surface area contributed by atoms with E-state index in [1.807, 2.05) is 0 Å². The molecule has 0 bridgehead atoms. The number of carbonyl (C=O) groups is 1. The summed E-state index contributed by atoms with van der Waals surface area (Å²) in [5.74, 6) is 0. The normalized spacial score (nSPS) is 19.9. The summed E-state index contributed by atoms with van der Waals surface area (Å²) in [6, 6.07) is 2.84. The van der Waals surface area contributed by atoms with Crippen LogP contribution in [0.15, 0.2) is 18.2 Å². The number of nitro benzene ring substituents is 1. The van der Waals surface area contributed by atoms with E-state index in [-0.39, 0.29) is 17.2 Å². The number of anilines is 1. The molecule has 0 atom stereocenters. The van der Waals surface area contributed by atoms with Gasteiger partial charge in [0.25, 0.3) is 5.69 Å². The van der Waals surface area contributed by atoms with Gasteiger partial charge in [-0.3, -0.25) is 10.1 Å². The number of amides is 1. The molecule has 1 aliphatic carbocycles. The van der Waals surface area contributed by atoms with Gasteiger partial charge in [-0.1, -0.05) is 0 Å². The molecule has 1 amide bonds. The van der Waals surface area contributed by atoms with Crippen molar-refractivity contribution in [2.24, 2.45) is 11.1 Å². The standard InChI is InChI=1S/C16H18F3N3O4/c17-16(18,19)12-7-10(22(24)25)1-2-13(12)21-5-3-15(4-6-21)8-11(9-15)26-14(20)23/h1-2,7,11H,3-6,8-9H2,(H2,20,23). The minimum absolute atomic E-state index is 0.0320. The molecular formula is C16H18F3N3O4. The number of primary amides is 1. The van der Waals surface area contributed by atoms with Gasteiger partial charge in [-0.25, -0.2) is 4.79 Å². The Morgan fingerprint density at radius 3 is 2.42 bits per heavy atom. The second-order valence-electron chi connectivity index (χ2n) is 6.91. The highest BCUT2D eigenvalue weighted by atomic mass is 19.4. The number of piperidine rings is 1. The predicted molar refractivity (Wildman–Crippen MR) is 85.7 cm³/mol. The molecule has 1 aromatic rings. The van der Waals surface area contributed by atoms with Crippen molar-refractivity contribution in [2.45, 2.75) is 38.0 Å². The van der Waals surface area contributed by atoms with Crippen LogP contribution in [0.25, 0.3) is 0 Å². The molecule has 1 saturated carbocycles. The van der Waals surface area contributed by atoms with E-state index < -0.39 is 28.4 Å². The van der Waals surface area contributed by atoms with E-state index >= 15 is 0 Å². The average molecular weight is 373 g/mol. The Hall–Kier alpha value is -2.52. The highest BCUT2D eigenvalue weighted by Gasteiger charge is 2.48. The van der Waals surface area contributed by atoms with E-state index in [0.29, 0.717) is 44.8 Å². The maximum atomic E-state index is 13.3. The van der Waals surface area contributed by atoms with E-state index in [9.17, 15) is 28.1 Å². The Bertz CT molecular complexity index is 722. The van der Waals surface area contributed by atoms with Crippen LogP contribution in [0.1, 0.15) is 31.2 Å². The second-order valence-corrected chi connectivity index (χ2v) is 6.91. The molecule has 1 aliphatic heterocycles. The van der Waals surface area contributed by atoms with Gasteiger partial charge in [-0.15, -0.1) is 0 Å². The van der Waals surface area contributed by atoms with Crippen molar-refractivity contribution < 1.29 is 27.6 Å². The molecule has 1 heterocycles. The van der Waals surface area contributed by atoms with Gasteiger partial charge in [-0.2, -0.15) is 13.2 Å². The van der Waals surface area contributed by atoms with Gasteiger partial charge in [0.2, 0.25) is 0 Å². The minimum Gasteiger partial charge on any atom is -0.446 e. The van der Waals surface area contributed by atoms with E-state index in [1.165, 1.54) is 6.07 Å². The lowest BCUT2D eigenvalue weighted by molar-refractivity contribution is -0.385. The van der Waals surface area contributed by atoms with Gasteiger partial charge in [0.05, 0.1) is 10.5 Å². The number of hydrogen-bond donors (Lipinski definition) is 1. The van der Waals surface area contributed by atoms with Crippen LogP contribution in [0.3, 0.4) is 0 Å². The highest BCUT2D eigenvalue weighted by Crippen LogP contribution is 2.51. The second kappa shape index (κ2) is 6.33. The molecule has 142 valence electrons. The molecule has 0 aromatic heterocycles. The molecule has 1 saturated heterocycles. The van der Waals surface area contributed by atoms with Crippen molar-refractivity contribution in [3.63, 3.8) is 0 Å². The smallest absolute Gasteiger partial charge is 0.418 e. The number of hydrogen-bond acceptors (Lipinski definition) is 5. The van der Waals surface area contributed by atoms with Crippen molar-refractivity contribution in [2.75, 3.05) is 18.0 Å². The summed E-state index contributed by atoms with van der Waals surface area (Å²) in [4.78, 5) is 22.3. The molecule has 3 rings (SSSR count). The topological polar surface area (TPSA) is 98.7 Å². The van der Waals surface area contributed by atoms with Gasteiger partial charge in [-0.05, 0) is 37.2 Å². The molecule has 2 fully saturated rings. The Morgan fingerprint density at radius 1 is 1.31 bits per heavy atom. The summed E-state index contributed by atoms with van der Waals surface area (Å²) < 4.78 is 45.0. The Labute approximate surface area is 147 Å².